The van der Waals surface area contributed by atoms with Gasteiger partial charge in [-0.3, -0.25) is 5.43 Å². The molecular formula is C21H20N6OS. The van der Waals surface area contributed by atoms with Crippen LogP contribution in [-0.2, 0) is 6.54 Å². The molecule has 0 aliphatic carbocycles. The Morgan fingerprint density at radius 3 is 2.62 bits per heavy atom. The molecule has 29 heavy (non-hydrogen) atoms. The summed E-state index contributed by atoms with van der Waals surface area (Å²) in [5, 5.41) is 11.5. The zero-order valence-electron chi connectivity index (χ0n) is 16.1. The fourth-order valence-electron chi connectivity index (χ4n) is 2.74. The largest absolute Gasteiger partial charge is 0.497 e. The van der Waals surface area contributed by atoms with E-state index in [1.54, 1.807) is 18.1 Å². The van der Waals surface area contributed by atoms with Gasteiger partial charge in [0.15, 0.2) is 0 Å². The molecule has 0 saturated carbocycles. The SMILES string of the molecule is COc1ccc(-c2csc(N/N=C(\Cn3cncn3)c3ccc(C)cc3)n2)cc1. The Morgan fingerprint density at radius 2 is 1.93 bits per heavy atom. The van der Waals surface area contributed by atoms with Crippen molar-refractivity contribution in [2.75, 3.05) is 12.5 Å². The number of hydrogen-bond donors (Lipinski definition) is 1. The number of nitrogens with zero attached hydrogens (tertiary/aromatic N) is 5. The smallest absolute Gasteiger partial charge is 0.203 e. The lowest BCUT2D eigenvalue weighted by atomic mass is 10.1. The number of nitrogens with one attached hydrogen (secondary N) is 1. The van der Waals surface area contributed by atoms with Gasteiger partial charge in [0.2, 0.25) is 5.13 Å². The minimum absolute atomic E-state index is 0.507. The zero-order chi connectivity index (χ0) is 20.1. The number of thiazole rings is 1. The highest BCUT2D eigenvalue weighted by atomic mass is 32.1. The standard InChI is InChI=1S/C21H20N6OS/c1-15-3-5-16(6-4-15)19(11-27-14-22-13-23-27)25-26-21-24-20(12-29-21)17-7-9-18(28-2)10-8-17/h3-10,12-14H,11H2,1-2H3,(H,24,26)/b25-19+. The van der Waals surface area contributed by atoms with E-state index in [0.717, 1.165) is 33.4 Å². The normalized spacial score (nSPS) is 11.4. The van der Waals surface area contributed by atoms with Gasteiger partial charge in [-0.25, -0.2) is 14.6 Å². The molecule has 0 spiro atoms. The molecule has 0 unspecified atom stereocenters. The van der Waals surface area contributed by atoms with Crippen molar-refractivity contribution in [1.82, 2.24) is 19.7 Å². The van der Waals surface area contributed by atoms with Crippen LogP contribution in [-0.4, -0.2) is 32.6 Å². The molecule has 0 saturated heterocycles. The molecule has 2 aromatic carbocycles. The molecule has 7 nitrogen and oxygen atoms in total. The molecule has 1 N–H and O–H groups in total. The van der Waals surface area contributed by atoms with Crippen molar-refractivity contribution in [3.05, 3.63) is 77.7 Å². The summed E-state index contributed by atoms with van der Waals surface area (Å²) in [4.78, 5) is 8.65. The van der Waals surface area contributed by atoms with E-state index in [9.17, 15) is 0 Å². The van der Waals surface area contributed by atoms with Crippen LogP contribution < -0.4 is 10.2 Å². The van der Waals surface area contributed by atoms with Gasteiger partial charge in [0, 0.05) is 10.9 Å². The molecule has 8 heteroatoms. The molecule has 0 amide bonds. The number of hydrogen-bond acceptors (Lipinski definition) is 7. The predicted molar refractivity (Wildman–Crippen MR) is 115 cm³/mol. The van der Waals surface area contributed by atoms with E-state index in [-0.39, 0.29) is 0 Å². The minimum atomic E-state index is 0.507. The summed E-state index contributed by atoms with van der Waals surface area (Å²) in [5.74, 6) is 0.822. The summed E-state index contributed by atoms with van der Waals surface area (Å²) in [7, 11) is 1.66. The second-order valence-electron chi connectivity index (χ2n) is 6.40. The summed E-state index contributed by atoms with van der Waals surface area (Å²) in [6, 6.07) is 16.1. The third kappa shape index (κ3) is 4.67. The first-order chi connectivity index (χ1) is 14.2. The first kappa shape index (κ1) is 18.8. The van der Waals surface area contributed by atoms with Crippen LogP contribution in [0.3, 0.4) is 0 Å². The van der Waals surface area contributed by atoms with E-state index in [4.69, 9.17) is 4.74 Å². The molecule has 0 fully saturated rings. The molecule has 0 radical (unpaired) electrons. The van der Waals surface area contributed by atoms with E-state index in [1.165, 1.54) is 23.2 Å². The van der Waals surface area contributed by atoms with Crippen molar-refractivity contribution >= 4 is 22.2 Å². The molecule has 0 aliphatic heterocycles. The summed E-state index contributed by atoms with van der Waals surface area (Å²) in [5.41, 5.74) is 8.08. The van der Waals surface area contributed by atoms with Crippen LogP contribution in [0.1, 0.15) is 11.1 Å². The van der Waals surface area contributed by atoms with Crippen molar-refractivity contribution in [3.8, 4) is 17.0 Å². The van der Waals surface area contributed by atoms with E-state index in [1.807, 2.05) is 29.6 Å². The van der Waals surface area contributed by atoms with Crippen molar-refractivity contribution in [2.24, 2.45) is 5.10 Å². The van der Waals surface area contributed by atoms with E-state index in [2.05, 4.69) is 56.8 Å². The molecule has 2 aromatic heterocycles. The lowest BCUT2D eigenvalue weighted by Crippen LogP contribution is -2.14. The maximum Gasteiger partial charge on any atom is 0.203 e. The molecule has 2 heterocycles. The quantitative estimate of drug-likeness (QED) is 0.368. The second kappa shape index (κ2) is 8.66. The van der Waals surface area contributed by atoms with E-state index in [0.29, 0.717) is 6.54 Å². The van der Waals surface area contributed by atoms with Crippen LogP contribution in [0.25, 0.3) is 11.3 Å². The Labute approximate surface area is 172 Å². The van der Waals surface area contributed by atoms with Crippen LogP contribution in [0, 0.1) is 6.92 Å². The van der Waals surface area contributed by atoms with Crippen molar-refractivity contribution in [3.63, 3.8) is 0 Å². The van der Waals surface area contributed by atoms with Gasteiger partial charge in [0.05, 0.1) is 25.1 Å². The fraction of sp³-hybridized carbons (Fsp3) is 0.143. The number of benzene rings is 2. The fourth-order valence-corrected chi connectivity index (χ4v) is 3.40. The van der Waals surface area contributed by atoms with Gasteiger partial charge < -0.3 is 4.74 Å². The zero-order valence-corrected chi connectivity index (χ0v) is 16.9. The van der Waals surface area contributed by atoms with Gasteiger partial charge in [0.25, 0.3) is 0 Å². The third-order valence-corrected chi connectivity index (χ3v) is 5.09. The monoisotopic (exact) mass is 404 g/mol. The van der Waals surface area contributed by atoms with Gasteiger partial charge in [-0.2, -0.15) is 10.2 Å². The molecule has 146 valence electrons. The first-order valence-electron chi connectivity index (χ1n) is 9.03. The lowest BCUT2D eigenvalue weighted by Gasteiger charge is -2.07. The van der Waals surface area contributed by atoms with Crippen molar-refractivity contribution in [2.45, 2.75) is 13.5 Å². The Balaban J connectivity index is 1.55. The highest BCUT2D eigenvalue weighted by molar-refractivity contribution is 7.14. The summed E-state index contributed by atoms with van der Waals surface area (Å²) in [6.07, 6.45) is 3.19. The number of rotatable bonds is 7. The summed E-state index contributed by atoms with van der Waals surface area (Å²) < 4.78 is 6.95. The number of anilines is 1. The maximum absolute atomic E-state index is 5.21. The average Bonchev–Trinajstić information content (AvgIpc) is 3.44. The van der Waals surface area contributed by atoms with Crippen LogP contribution in [0.5, 0.6) is 5.75 Å². The Morgan fingerprint density at radius 1 is 1.14 bits per heavy atom. The maximum atomic E-state index is 5.21. The lowest BCUT2D eigenvalue weighted by molar-refractivity contribution is 0.415. The van der Waals surface area contributed by atoms with Gasteiger partial charge in [-0.1, -0.05) is 29.8 Å². The number of methoxy groups -OCH3 is 1. The van der Waals surface area contributed by atoms with E-state index >= 15 is 0 Å². The molecule has 4 rings (SSSR count). The van der Waals surface area contributed by atoms with Crippen LogP contribution >= 0.6 is 11.3 Å². The van der Waals surface area contributed by atoms with Crippen LogP contribution in [0.2, 0.25) is 0 Å². The Kier molecular flexibility index (Phi) is 5.62. The number of aryl methyl sites for hydroxylation is 1. The van der Waals surface area contributed by atoms with E-state index < -0.39 is 0 Å². The van der Waals surface area contributed by atoms with Crippen LogP contribution in [0.15, 0.2) is 71.7 Å². The molecular weight excluding hydrogens is 384 g/mol. The van der Waals surface area contributed by atoms with Crippen molar-refractivity contribution < 1.29 is 4.74 Å². The minimum Gasteiger partial charge on any atom is -0.497 e. The van der Waals surface area contributed by atoms with Gasteiger partial charge >= 0.3 is 0 Å². The summed E-state index contributed by atoms with van der Waals surface area (Å²) >= 11 is 1.51. The third-order valence-electron chi connectivity index (χ3n) is 4.34. The topological polar surface area (TPSA) is 77.2 Å². The molecule has 0 atom stereocenters. The molecule has 4 aromatic rings. The Hall–Kier alpha value is -3.52. The highest BCUT2D eigenvalue weighted by Crippen LogP contribution is 2.26. The van der Waals surface area contributed by atoms with Crippen LogP contribution in [0.4, 0.5) is 5.13 Å². The van der Waals surface area contributed by atoms with Gasteiger partial charge in [-0.15, -0.1) is 11.3 Å². The van der Waals surface area contributed by atoms with Gasteiger partial charge in [-0.05, 0) is 36.8 Å². The first-order valence-corrected chi connectivity index (χ1v) is 9.91. The van der Waals surface area contributed by atoms with Crippen molar-refractivity contribution in [1.29, 1.82) is 0 Å². The summed E-state index contributed by atoms with van der Waals surface area (Å²) in [6.45, 7) is 2.57. The molecule has 0 bridgehead atoms. The average molecular weight is 404 g/mol. The number of aromatic nitrogens is 4. The van der Waals surface area contributed by atoms with Gasteiger partial charge in [0.1, 0.15) is 18.4 Å². The second-order valence-corrected chi connectivity index (χ2v) is 7.25. The Bertz CT molecular complexity index is 1090. The molecule has 0 aliphatic rings. The highest BCUT2D eigenvalue weighted by Gasteiger charge is 2.08. The number of ether oxygens (including phenoxy) is 1. The predicted octanol–water partition coefficient (Wildman–Crippen LogP) is 4.24. The number of hydrazone groups is 1.